The summed E-state index contributed by atoms with van der Waals surface area (Å²) in [6.07, 6.45) is 5.70. The Hall–Kier alpha value is 0.01000. The first-order valence-electron chi connectivity index (χ1n) is 6.36. The van der Waals surface area contributed by atoms with E-state index in [2.05, 4.69) is 40.2 Å². The Bertz CT molecular complexity index is 333. The number of halogens is 1. The minimum Gasteiger partial charge on any atom is -0.329 e. The Balaban J connectivity index is 1.89. The standard InChI is InChI=1S/C14H20BrNS/c15-13-7-5-12(6-8-13)14(9-16)17-10-11-3-1-2-4-11/h5-8,11,14H,1-4,9-10,16H2. The van der Waals surface area contributed by atoms with Crippen LogP contribution in [0.2, 0.25) is 0 Å². The van der Waals surface area contributed by atoms with Gasteiger partial charge in [-0.3, -0.25) is 0 Å². The van der Waals surface area contributed by atoms with Gasteiger partial charge in [0.15, 0.2) is 0 Å². The molecule has 1 atom stereocenters. The van der Waals surface area contributed by atoms with Crippen LogP contribution in [0.15, 0.2) is 28.7 Å². The lowest BCUT2D eigenvalue weighted by molar-refractivity contribution is 0.621. The van der Waals surface area contributed by atoms with Gasteiger partial charge in [-0.1, -0.05) is 40.9 Å². The molecule has 0 radical (unpaired) electrons. The highest BCUT2D eigenvalue weighted by Crippen LogP contribution is 2.34. The lowest BCUT2D eigenvalue weighted by Crippen LogP contribution is -2.11. The van der Waals surface area contributed by atoms with E-state index in [0.29, 0.717) is 5.25 Å². The van der Waals surface area contributed by atoms with Crippen LogP contribution in [0, 0.1) is 5.92 Å². The molecule has 1 aliphatic rings. The Morgan fingerprint density at radius 1 is 1.24 bits per heavy atom. The molecular formula is C14H20BrNS. The summed E-state index contributed by atoms with van der Waals surface area (Å²) in [7, 11) is 0. The number of hydrogen-bond donors (Lipinski definition) is 1. The molecule has 1 fully saturated rings. The molecule has 0 heterocycles. The van der Waals surface area contributed by atoms with Crippen molar-refractivity contribution >= 4 is 27.7 Å². The molecule has 1 aromatic rings. The van der Waals surface area contributed by atoms with Gasteiger partial charge in [-0.2, -0.15) is 11.8 Å². The average molecular weight is 314 g/mol. The predicted octanol–water partition coefficient (Wildman–Crippen LogP) is 4.37. The zero-order valence-electron chi connectivity index (χ0n) is 10.1. The van der Waals surface area contributed by atoms with E-state index in [-0.39, 0.29) is 0 Å². The van der Waals surface area contributed by atoms with E-state index in [4.69, 9.17) is 5.73 Å². The van der Waals surface area contributed by atoms with E-state index in [0.717, 1.165) is 16.9 Å². The van der Waals surface area contributed by atoms with Crippen molar-refractivity contribution in [3.63, 3.8) is 0 Å². The van der Waals surface area contributed by atoms with Gasteiger partial charge in [-0.15, -0.1) is 0 Å². The second-order valence-corrected chi connectivity index (χ2v) is 6.91. The van der Waals surface area contributed by atoms with Crippen LogP contribution in [0.25, 0.3) is 0 Å². The minimum atomic E-state index is 0.462. The molecule has 0 aliphatic heterocycles. The highest BCUT2D eigenvalue weighted by molar-refractivity contribution is 9.10. The molecule has 17 heavy (non-hydrogen) atoms. The molecule has 0 bridgehead atoms. The first kappa shape index (κ1) is 13.4. The highest BCUT2D eigenvalue weighted by atomic mass is 79.9. The summed E-state index contributed by atoms with van der Waals surface area (Å²) in [4.78, 5) is 0. The number of benzene rings is 1. The topological polar surface area (TPSA) is 26.0 Å². The van der Waals surface area contributed by atoms with Crippen LogP contribution in [0.4, 0.5) is 0 Å². The summed E-state index contributed by atoms with van der Waals surface area (Å²) in [5.74, 6) is 2.21. The van der Waals surface area contributed by atoms with E-state index in [1.165, 1.54) is 37.0 Å². The normalized spacial score (nSPS) is 18.5. The average Bonchev–Trinajstić information content (AvgIpc) is 2.85. The van der Waals surface area contributed by atoms with Gasteiger partial charge in [0.2, 0.25) is 0 Å². The van der Waals surface area contributed by atoms with Crippen molar-refractivity contribution in [1.82, 2.24) is 0 Å². The predicted molar refractivity (Wildman–Crippen MR) is 80.4 cm³/mol. The molecular weight excluding hydrogens is 294 g/mol. The molecule has 0 amide bonds. The van der Waals surface area contributed by atoms with Crippen LogP contribution in [0.5, 0.6) is 0 Å². The number of nitrogens with two attached hydrogens (primary N) is 1. The Morgan fingerprint density at radius 2 is 1.88 bits per heavy atom. The van der Waals surface area contributed by atoms with Crippen LogP contribution >= 0.6 is 27.7 Å². The van der Waals surface area contributed by atoms with Crippen molar-refractivity contribution in [2.24, 2.45) is 11.7 Å². The molecule has 2 rings (SSSR count). The van der Waals surface area contributed by atoms with E-state index < -0.39 is 0 Å². The van der Waals surface area contributed by atoms with Crippen molar-refractivity contribution in [1.29, 1.82) is 0 Å². The van der Waals surface area contributed by atoms with Crippen LogP contribution in [-0.4, -0.2) is 12.3 Å². The van der Waals surface area contributed by atoms with Crippen LogP contribution in [-0.2, 0) is 0 Å². The van der Waals surface area contributed by atoms with Gasteiger partial charge < -0.3 is 5.73 Å². The second-order valence-electron chi connectivity index (χ2n) is 4.76. The number of hydrogen-bond acceptors (Lipinski definition) is 2. The molecule has 1 saturated carbocycles. The Morgan fingerprint density at radius 3 is 2.47 bits per heavy atom. The molecule has 0 spiro atoms. The molecule has 1 nitrogen and oxygen atoms in total. The van der Waals surface area contributed by atoms with Crippen molar-refractivity contribution in [3.05, 3.63) is 34.3 Å². The maximum Gasteiger partial charge on any atom is 0.0419 e. The zero-order chi connectivity index (χ0) is 12.1. The molecule has 1 aromatic carbocycles. The number of thioether (sulfide) groups is 1. The van der Waals surface area contributed by atoms with E-state index in [1.807, 2.05) is 11.8 Å². The molecule has 2 N–H and O–H groups in total. The third-order valence-electron chi connectivity index (χ3n) is 3.46. The zero-order valence-corrected chi connectivity index (χ0v) is 12.5. The van der Waals surface area contributed by atoms with Crippen molar-refractivity contribution < 1.29 is 0 Å². The van der Waals surface area contributed by atoms with Gasteiger partial charge in [0, 0.05) is 16.3 Å². The Labute approximate surface area is 117 Å². The van der Waals surface area contributed by atoms with E-state index in [1.54, 1.807) is 0 Å². The molecule has 0 aromatic heterocycles. The lowest BCUT2D eigenvalue weighted by Gasteiger charge is -2.17. The van der Waals surface area contributed by atoms with Crippen LogP contribution in [0.3, 0.4) is 0 Å². The maximum atomic E-state index is 5.90. The van der Waals surface area contributed by atoms with Crippen LogP contribution < -0.4 is 5.73 Å². The quantitative estimate of drug-likeness (QED) is 0.873. The largest absolute Gasteiger partial charge is 0.329 e. The summed E-state index contributed by atoms with van der Waals surface area (Å²) in [5.41, 5.74) is 7.25. The van der Waals surface area contributed by atoms with Crippen molar-refractivity contribution in [3.8, 4) is 0 Å². The summed E-state index contributed by atoms with van der Waals surface area (Å²) < 4.78 is 1.14. The second kappa shape index (κ2) is 6.81. The fourth-order valence-electron chi connectivity index (χ4n) is 2.41. The summed E-state index contributed by atoms with van der Waals surface area (Å²) >= 11 is 5.51. The smallest absolute Gasteiger partial charge is 0.0419 e. The molecule has 3 heteroatoms. The van der Waals surface area contributed by atoms with Gasteiger partial charge in [0.25, 0.3) is 0 Å². The fourth-order valence-corrected chi connectivity index (χ4v) is 3.99. The monoisotopic (exact) mass is 313 g/mol. The van der Waals surface area contributed by atoms with Crippen molar-refractivity contribution in [2.75, 3.05) is 12.3 Å². The summed E-state index contributed by atoms with van der Waals surface area (Å²) in [6.45, 7) is 0.735. The van der Waals surface area contributed by atoms with Gasteiger partial charge in [0.1, 0.15) is 0 Å². The SMILES string of the molecule is NCC(SCC1CCCC1)c1ccc(Br)cc1. The lowest BCUT2D eigenvalue weighted by atomic mass is 10.1. The number of rotatable bonds is 5. The van der Waals surface area contributed by atoms with Crippen molar-refractivity contribution in [2.45, 2.75) is 30.9 Å². The Kier molecular flexibility index (Phi) is 5.39. The fraction of sp³-hybridized carbons (Fsp3) is 0.571. The summed E-state index contributed by atoms with van der Waals surface area (Å²) in [6, 6.07) is 8.58. The molecule has 0 saturated heterocycles. The first-order chi connectivity index (χ1) is 8.29. The van der Waals surface area contributed by atoms with E-state index >= 15 is 0 Å². The van der Waals surface area contributed by atoms with Gasteiger partial charge >= 0.3 is 0 Å². The minimum absolute atomic E-state index is 0.462. The maximum absolute atomic E-state index is 5.90. The van der Waals surface area contributed by atoms with Gasteiger partial charge in [-0.25, -0.2) is 0 Å². The third kappa shape index (κ3) is 4.01. The third-order valence-corrected chi connectivity index (χ3v) is 5.52. The van der Waals surface area contributed by atoms with Gasteiger partial charge in [0.05, 0.1) is 0 Å². The van der Waals surface area contributed by atoms with Gasteiger partial charge in [-0.05, 0) is 42.2 Å². The molecule has 1 unspecified atom stereocenters. The molecule has 94 valence electrons. The molecule has 1 aliphatic carbocycles. The first-order valence-corrected chi connectivity index (χ1v) is 8.21. The summed E-state index contributed by atoms with van der Waals surface area (Å²) in [5, 5.41) is 0.462. The highest BCUT2D eigenvalue weighted by Gasteiger charge is 2.18. The van der Waals surface area contributed by atoms with Crippen LogP contribution in [0.1, 0.15) is 36.5 Å². The van der Waals surface area contributed by atoms with E-state index in [9.17, 15) is 0 Å².